The fourth-order valence-electron chi connectivity index (χ4n) is 8.06. The Morgan fingerprint density at radius 3 is 1.29 bits per heavy atom. The topological polar surface area (TPSA) is 95.9 Å². The summed E-state index contributed by atoms with van der Waals surface area (Å²) in [5.41, 5.74) is 0. The number of unbranched alkanes of at least 4 members (excludes halogenated alkanes) is 29. The average molecular weight is 870 g/mol. The van der Waals surface area contributed by atoms with Crippen molar-refractivity contribution in [3.63, 3.8) is 0 Å². The van der Waals surface area contributed by atoms with E-state index in [1.54, 1.807) is 0 Å². The van der Waals surface area contributed by atoms with Gasteiger partial charge in [-0.05, 0) is 44.9 Å². The van der Waals surface area contributed by atoms with E-state index >= 15 is 0 Å². The molecule has 0 heterocycles. The lowest BCUT2D eigenvalue weighted by Crippen LogP contribution is -2.46. The Labute approximate surface area is 385 Å². The number of hydrogen-bond donors (Lipinski definition) is 3. The molecule has 0 aliphatic carbocycles. The van der Waals surface area contributed by atoms with Crippen LogP contribution in [0.25, 0.3) is 0 Å². The Hall–Kier alpha value is -2.18. The molecule has 3 atom stereocenters. The number of allylic oxidation sites excluding steroid dienone is 7. The van der Waals surface area contributed by atoms with Crippen molar-refractivity contribution in [1.29, 1.82) is 0 Å². The lowest BCUT2D eigenvalue weighted by atomic mass is 10.0. The third-order valence-electron chi connectivity index (χ3n) is 12.2. The summed E-state index contributed by atoms with van der Waals surface area (Å²) in [4.78, 5) is 26.1. The molecular weight excluding hydrogens is 767 g/mol. The van der Waals surface area contributed by atoms with Gasteiger partial charge in [-0.2, -0.15) is 0 Å². The van der Waals surface area contributed by atoms with Crippen LogP contribution < -0.4 is 5.32 Å². The summed E-state index contributed by atoms with van der Waals surface area (Å²) in [6, 6.07) is -0.729. The van der Waals surface area contributed by atoms with Crippen molar-refractivity contribution in [2.75, 3.05) is 6.61 Å². The van der Waals surface area contributed by atoms with E-state index < -0.39 is 18.2 Å². The largest absolute Gasteiger partial charge is 0.461 e. The number of rotatable bonds is 48. The molecule has 0 bridgehead atoms. The average Bonchev–Trinajstić information content (AvgIpc) is 3.26. The molecule has 0 rings (SSSR count). The van der Waals surface area contributed by atoms with Gasteiger partial charge in [0.15, 0.2) is 0 Å². The highest BCUT2D eigenvalue weighted by Crippen LogP contribution is 2.17. The van der Waals surface area contributed by atoms with Crippen LogP contribution in [0.2, 0.25) is 0 Å². The summed E-state index contributed by atoms with van der Waals surface area (Å²) >= 11 is 0. The van der Waals surface area contributed by atoms with E-state index in [-0.39, 0.29) is 24.9 Å². The Morgan fingerprint density at radius 1 is 0.484 bits per heavy atom. The summed E-state index contributed by atoms with van der Waals surface area (Å²) < 4.78 is 5.88. The van der Waals surface area contributed by atoms with Gasteiger partial charge in [0.2, 0.25) is 5.91 Å². The van der Waals surface area contributed by atoms with Crippen molar-refractivity contribution in [3.05, 3.63) is 48.6 Å². The zero-order chi connectivity index (χ0) is 45.2. The van der Waals surface area contributed by atoms with E-state index in [1.165, 1.54) is 167 Å². The number of nitrogens with one attached hydrogen (secondary N) is 1. The Bertz CT molecular complexity index is 1070. The zero-order valence-electron chi connectivity index (χ0n) is 41.3. The van der Waals surface area contributed by atoms with Crippen LogP contribution in [0.5, 0.6) is 0 Å². The standard InChI is InChI=1S/C56H103NO5/c1-4-7-10-13-16-19-22-25-27-30-32-35-38-41-44-47-52(62-56(61)49-46-43-40-37-34-31-28-26-23-20-17-14-11-8-5-2)50-55(60)57-53(51-58)54(59)48-45-42-39-36-33-29-24-21-18-15-12-9-6-3/h16,19,25,27,32,35,41,44,52-54,58-59H,4-15,17-18,20-24,26,28-31,33-34,36-40,42-43,45-51H2,1-3H3,(H,57,60)/b19-16-,27-25-,35-32-,44-41-. The second-order valence-corrected chi connectivity index (χ2v) is 18.3. The van der Waals surface area contributed by atoms with Gasteiger partial charge in [-0.15, -0.1) is 0 Å². The first-order chi connectivity index (χ1) is 30.5. The van der Waals surface area contributed by atoms with Crippen molar-refractivity contribution >= 4 is 11.9 Å². The van der Waals surface area contributed by atoms with Gasteiger partial charge in [0.1, 0.15) is 6.10 Å². The smallest absolute Gasteiger partial charge is 0.306 e. The molecular formula is C56H103NO5. The van der Waals surface area contributed by atoms with E-state index in [9.17, 15) is 19.8 Å². The molecule has 0 aromatic rings. The maximum Gasteiger partial charge on any atom is 0.306 e. The number of amides is 1. The molecule has 0 aromatic heterocycles. The van der Waals surface area contributed by atoms with Crippen LogP contribution in [0, 0.1) is 0 Å². The number of aliphatic hydroxyl groups is 2. The number of carbonyl (C=O) groups is 2. The highest BCUT2D eigenvalue weighted by molar-refractivity contribution is 5.77. The lowest BCUT2D eigenvalue weighted by molar-refractivity contribution is -0.150. The molecule has 362 valence electrons. The summed E-state index contributed by atoms with van der Waals surface area (Å²) in [7, 11) is 0. The molecule has 0 saturated heterocycles. The van der Waals surface area contributed by atoms with E-state index in [0.717, 1.165) is 57.8 Å². The molecule has 6 heteroatoms. The predicted molar refractivity (Wildman–Crippen MR) is 269 cm³/mol. The SMILES string of the molecule is CCCCC/C=C\C/C=C\C/C=C\C/C=C\CC(CC(=O)NC(CO)C(O)CCCCCCCCCCCCCCC)OC(=O)CCCCCCCCCCCCCCCCC. The van der Waals surface area contributed by atoms with E-state index in [2.05, 4.69) is 68.6 Å². The normalized spacial score (nSPS) is 13.6. The van der Waals surface area contributed by atoms with Gasteiger partial charge < -0.3 is 20.3 Å². The van der Waals surface area contributed by atoms with Crippen molar-refractivity contribution in [2.24, 2.45) is 0 Å². The molecule has 1 amide bonds. The fourth-order valence-corrected chi connectivity index (χ4v) is 8.06. The van der Waals surface area contributed by atoms with E-state index in [1.807, 2.05) is 6.08 Å². The molecule has 0 aliphatic heterocycles. The summed E-state index contributed by atoms with van der Waals surface area (Å²) in [5, 5.41) is 23.7. The summed E-state index contributed by atoms with van der Waals surface area (Å²) in [5.74, 6) is -0.566. The van der Waals surface area contributed by atoms with E-state index in [0.29, 0.717) is 19.3 Å². The number of hydrogen-bond acceptors (Lipinski definition) is 5. The molecule has 0 spiro atoms. The predicted octanol–water partition coefficient (Wildman–Crippen LogP) is 16.2. The van der Waals surface area contributed by atoms with Crippen LogP contribution in [-0.4, -0.2) is 46.9 Å². The summed E-state index contributed by atoms with van der Waals surface area (Å²) in [6.45, 7) is 6.44. The number of carbonyl (C=O) groups excluding carboxylic acids is 2. The van der Waals surface area contributed by atoms with Crippen molar-refractivity contribution < 1.29 is 24.5 Å². The van der Waals surface area contributed by atoms with Crippen LogP contribution in [0.3, 0.4) is 0 Å². The van der Waals surface area contributed by atoms with Crippen LogP contribution in [0.4, 0.5) is 0 Å². The third kappa shape index (κ3) is 44.4. The van der Waals surface area contributed by atoms with Crippen LogP contribution in [-0.2, 0) is 14.3 Å². The lowest BCUT2D eigenvalue weighted by Gasteiger charge is -2.24. The molecule has 0 radical (unpaired) electrons. The number of aliphatic hydroxyl groups excluding tert-OH is 2. The minimum Gasteiger partial charge on any atom is -0.461 e. The zero-order valence-corrected chi connectivity index (χ0v) is 41.3. The monoisotopic (exact) mass is 870 g/mol. The highest BCUT2D eigenvalue weighted by Gasteiger charge is 2.23. The van der Waals surface area contributed by atoms with Gasteiger partial charge >= 0.3 is 5.97 Å². The van der Waals surface area contributed by atoms with Gasteiger partial charge in [-0.1, -0.05) is 256 Å². The van der Waals surface area contributed by atoms with Crippen LogP contribution in [0.1, 0.15) is 271 Å². The Balaban J connectivity index is 4.68. The first-order valence-electron chi connectivity index (χ1n) is 26.9. The van der Waals surface area contributed by atoms with Gasteiger partial charge in [0.25, 0.3) is 0 Å². The van der Waals surface area contributed by atoms with Gasteiger partial charge in [-0.25, -0.2) is 0 Å². The molecule has 3 unspecified atom stereocenters. The van der Waals surface area contributed by atoms with E-state index in [4.69, 9.17) is 4.74 Å². The first-order valence-corrected chi connectivity index (χ1v) is 26.9. The van der Waals surface area contributed by atoms with Crippen molar-refractivity contribution in [3.8, 4) is 0 Å². The second-order valence-electron chi connectivity index (χ2n) is 18.3. The third-order valence-corrected chi connectivity index (χ3v) is 12.2. The number of esters is 1. The van der Waals surface area contributed by atoms with Crippen LogP contribution >= 0.6 is 0 Å². The number of ether oxygens (including phenoxy) is 1. The minimum absolute atomic E-state index is 0.00454. The van der Waals surface area contributed by atoms with Crippen LogP contribution in [0.15, 0.2) is 48.6 Å². The Kier molecular flexibility index (Phi) is 48.1. The van der Waals surface area contributed by atoms with Crippen molar-refractivity contribution in [2.45, 2.75) is 289 Å². The van der Waals surface area contributed by atoms with Gasteiger partial charge in [0.05, 0.1) is 25.2 Å². The molecule has 0 saturated carbocycles. The fraction of sp³-hybridized carbons (Fsp3) is 0.821. The maximum atomic E-state index is 13.2. The first kappa shape index (κ1) is 59.8. The highest BCUT2D eigenvalue weighted by atomic mass is 16.5. The Morgan fingerprint density at radius 2 is 0.855 bits per heavy atom. The molecule has 0 aromatic carbocycles. The van der Waals surface area contributed by atoms with Crippen molar-refractivity contribution in [1.82, 2.24) is 5.32 Å². The van der Waals surface area contributed by atoms with Gasteiger partial charge in [-0.3, -0.25) is 9.59 Å². The molecule has 62 heavy (non-hydrogen) atoms. The molecule has 0 aliphatic rings. The molecule has 0 fully saturated rings. The molecule has 3 N–H and O–H groups in total. The second kappa shape index (κ2) is 49.8. The maximum absolute atomic E-state index is 13.2. The summed E-state index contributed by atoms with van der Waals surface area (Å²) in [6.07, 6.45) is 60.4. The van der Waals surface area contributed by atoms with Gasteiger partial charge in [0, 0.05) is 12.8 Å². The minimum atomic E-state index is -0.809. The quantitative estimate of drug-likeness (QED) is 0.0322. The molecule has 6 nitrogen and oxygen atoms in total.